The second kappa shape index (κ2) is 7.67. The van der Waals surface area contributed by atoms with E-state index in [1.807, 2.05) is 0 Å². The molecule has 4 nitrogen and oxygen atoms in total. The van der Waals surface area contributed by atoms with E-state index in [2.05, 4.69) is 20.8 Å². The van der Waals surface area contributed by atoms with Gasteiger partial charge in [0.2, 0.25) is 0 Å². The van der Waals surface area contributed by atoms with Crippen LogP contribution in [0.15, 0.2) is 0 Å². The Balaban J connectivity index is 1.06. The van der Waals surface area contributed by atoms with Crippen molar-refractivity contribution in [1.82, 2.24) is 0 Å². The van der Waals surface area contributed by atoms with Gasteiger partial charge in [-0.05, 0) is 0 Å². The number of fused-ring (bicyclic) bond motifs is 1. The molecular formula is C19H32IO4-. The zero-order valence-corrected chi connectivity index (χ0v) is 17.3. The van der Waals surface area contributed by atoms with Gasteiger partial charge in [0.1, 0.15) is 0 Å². The van der Waals surface area contributed by atoms with Crippen molar-refractivity contribution in [2.24, 2.45) is 17.8 Å². The molecule has 0 radical (unpaired) electrons. The minimum absolute atomic E-state index is 0.0735. The summed E-state index contributed by atoms with van der Waals surface area (Å²) in [5.41, 5.74) is 0. The first-order chi connectivity index (χ1) is 11.6. The van der Waals surface area contributed by atoms with Crippen LogP contribution in [0.25, 0.3) is 0 Å². The SMILES string of the molecule is CC(C)OC1CC([I-]OC2CC3C(CC(C)OC4COC4)C3C2)C1. The number of alkyl halides is 1. The Hall–Kier alpha value is 0.570. The van der Waals surface area contributed by atoms with Crippen molar-refractivity contribution in [2.45, 2.75) is 87.3 Å². The summed E-state index contributed by atoms with van der Waals surface area (Å²) < 4.78 is 24.2. The Morgan fingerprint density at radius 3 is 2.21 bits per heavy atom. The number of hydrogen-bond donors (Lipinski definition) is 0. The Labute approximate surface area is 157 Å². The molecule has 0 aromatic carbocycles. The van der Waals surface area contributed by atoms with Crippen LogP contribution in [0.2, 0.25) is 0 Å². The molecule has 3 unspecified atom stereocenters. The minimum atomic E-state index is -0.0735. The molecule has 0 N–H and O–H groups in total. The third kappa shape index (κ3) is 4.27. The van der Waals surface area contributed by atoms with Gasteiger partial charge in [-0.15, -0.1) is 0 Å². The van der Waals surface area contributed by atoms with Crippen molar-refractivity contribution in [3.8, 4) is 0 Å². The number of ether oxygens (including phenoxy) is 3. The molecule has 4 rings (SSSR count). The summed E-state index contributed by atoms with van der Waals surface area (Å²) in [7, 11) is 0. The van der Waals surface area contributed by atoms with E-state index in [1.165, 1.54) is 32.1 Å². The van der Waals surface area contributed by atoms with Gasteiger partial charge in [0, 0.05) is 0 Å². The van der Waals surface area contributed by atoms with E-state index >= 15 is 0 Å². The van der Waals surface area contributed by atoms with Crippen LogP contribution in [0.3, 0.4) is 0 Å². The van der Waals surface area contributed by atoms with Crippen LogP contribution >= 0.6 is 0 Å². The van der Waals surface area contributed by atoms with Crippen LogP contribution in [0, 0.1) is 17.8 Å². The molecule has 140 valence electrons. The van der Waals surface area contributed by atoms with Gasteiger partial charge in [-0.1, -0.05) is 0 Å². The Bertz CT molecular complexity index is 410. The van der Waals surface area contributed by atoms with E-state index in [4.69, 9.17) is 17.3 Å². The Morgan fingerprint density at radius 1 is 0.917 bits per heavy atom. The van der Waals surface area contributed by atoms with Crippen molar-refractivity contribution in [1.29, 1.82) is 0 Å². The molecule has 3 saturated carbocycles. The van der Waals surface area contributed by atoms with Crippen LogP contribution in [0.1, 0.15) is 52.9 Å². The summed E-state index contributed by atoms with van der Waals surface area (Å²) in [6.07, 6.45) is 8.58. The fourth-order valence-electron chi connectivity index (χ4n) is 4.62. The molecule has 5 heteroatoms. The fraction of sp³-hybridized carbons (Fsp3) is 1.00. The molecule has 0 spiro atoms. The summed E-state index contributed by atoms with van der Waals surface area (Å²) in [4.78, 5) is 0. The van der Waals surface area contributed by atoms with Gasteiger partial charge in [0.15, 0.2) is 0 Å². The van der Waals surface area contributed by atoms with Crippen LogP contribution in [-0.4, -0.2) is 47.7 Å². The van der Waals surface area contributed by atoms with Gasteiger partial charge in [0.05, 0.1) is 0 Å². The van der Waals surface area contributed by atoms with Gasteiger partial charge < -0.3 is 0 Å². The Kier molecular flexibility index (Phi) is 5.74. The van der Waals surface area contributed by atoms with Crippen molar-refractivity contribution < 1.29 is 38.9 Å². The average molecular weight is 451 g/mol. The van der Waals surface area contributed by atoms with Crippen molar-refractivity contribution in [2.75, 3.05) is 13.2 Å². The topological polar surface area (TPSA) is 36.9 Å². The van der Waals surface area contributed by atoms with E-state index in [0.29, 0.717) is 30.5 Å². The molecule has 4 fully saturated rings. The maximum atomic E-state index is 6.31. The van der Waals surface area contributed by atoms with Gasteiger partial charge in [-0.2, -0.15) is 0 Å². The first-order valence-electron chi connectivity index (χ1n) is 9.76. The second-order valence-electron chi connectivity index (χ2n) is 8.48. The summed E-state index contributed by atoms with van der Waals surface area (Å²) in [6.45, 7) is 8.09. The number of rotatable bonds is 9. The monoisotopic (exact) mass is 451 g/mol. The third-order valence-electron chi connectivity index (χ3n) is 6.02. The van der Waals surface area contributed by atoms with Crippen LogP contribution in [-0.2, 0) is 17.3 Å². The number of halogens is 1. The molecule has 1 aliphatic heterocycles. The molecule has 4 aliphatic rings. The molecule has 3 atom stereocenters. The molecular weight excluding hydrogens is 419 g/mol. The van der Waals surface area contributed by atoms with Crippen LogP contribution in [0.4, 0.5) is 0 Å². The van der Waals surface area contributed by atoms with Gasteiger partial charge in [-0.25, -0.2) is 0 Å². The summed E-state index contributed by atoms with van der Waals surface area (Å²) >= 11 is -0.0735. The second-order valence-corrected chi connectivity index (χ2v) is 11.3. The molecule has 24 heavy (non-hydrogen) atoms. The standard InChI is InChI=1S/C19H32IO4/c1-11(2)22-14-5-13(6-14)20-24-15-7-18-17(19(18)8-15)4-12(3)23-16-9-21-10-16/h11-19H,4-10H2,1-3H3/q-1. The van der Waals surface area contributed by atoms with Crippen molar-refractivity contribution in [3.05, 3.63) is 0 Å². The summed E-state index contributed by atoms with van der Waals surface area (Å²) in [5.74, 6) is 2.77. The van der Waals surface area contributed by atoms with Gasteiger partial charge >= 0.3 is 157 Å². The summed E-state index contributed by atoms with van der Waals surface area (Å²) in [5, 5.41) is 0. The number of hydrogen-bond acceptors (Lipinski definition) is 4. The van der Waals surface area contributed by atoms with E-state index in [9.17, 15) is 0 Å². The van der Waals surface area contributed by atoms with E-state index < -0.39 is 0 Å². The maximum absolute atomic E-state index is 6.31. The predicted octanol–water partition coefficient (Wildman–Crippen LogP) is 0.182. The Morgan fingerprint density at radius 2 is 1.62 bits per heavy atom. The van der Waals surface area contributed by atoms with Crippen LogP contribution in [0.5, 0.6) is 0 Å². The third-order valence-corrected chi connectivity index (χ3v) is 8.77. The fourth-order valence-corrected chi connectivity index (χ4v) is 7.42. The van der Waals surface area contributed by atoms with Gasteiger partial charge in [0.25, 0.3) is 0 Å². The van der Waals surface area contributed by atoms with E-state index in [0.717, 1.165) is 34.9 Å². The molecule has 1 heterocycles. The first-order valence-corrected chi connectivity index (χ1v) is 11.9. The molecule has 0 aromatic heterocycles. The predicted molar refractivity (Wildman–Crippen MR) is 87.4 cm³/mol. The first kappa shape index (κ1) is 18.0. The normalized spacial score (nSPS) is 42.7. The van der Waals surface area contributed by atoms with Gasteiger partial charge in [-0.3, -0.25) is 0 Å². The van der Waals surface area contributed by atoms with E-state index in [-0.39, 0.29) is 21.6 Å². The van der Waals surface area contributed by atoms with Crippen molar-refractivity contribution in [3.63, 3.8) is 0 Å². The van der Waals surface area contributed by atoms with E-state index in [1.54, 1.807) is 0 Å². The zero-order chi connectivity index (χ0) is 16.7. The average Bonchev–Trinajstić information content (AvgIpc) is 2.90. The molecule has 0 bridgehead atoms. The molecule has 3 aliphatic carbocycles. The molecule has 0 amide bonds. The molecule has 0 aromatic rings. The zero-order valence-electron chi connectivity index (χ0n) is 15.2. The van der Waals surface area contributed by atoms with Crippen molar-refractivity contribution >= 4 is 0 Å². The molecule has 1 saturated heterocycles. The van der Waals surface area contributed by atoms with Crippen LogP contribution < -0.4 is 21.6 Å². The summed E-state index contributed by atoms with van der Waals surface area (Å²) in [6, 6.07) is 0. The quantitative estimate of drug-likeness (QED) is 0.371.